The molecule has 0 spiro atoms. The first kappa shape index (κ1) is 25.7. The number of unbranched alkanes of at least 4 members (excludes halogenated alkanes) is 8. The second kappa shape index (κ2) is 12.9. The van der Waals surface area contributed by atoms with Gasteiger partial charge < -0.3 is 9.04 Å². The summed E-state index contributed by atoms with van der Waals surface area (Å²) in [6.45, 7) is 6.62. The molecule has 26 heavy (non-hydrogen) atoms. The van der Waals surface area contributed by atoms with Gasteiger partial charge in [0, 0.05) is 0 Å². The number of alkyl halides is 3. The number of halogens is 3. The van der Waals surface area contributed by atoms with Crippen molar-refractivity contribution in [3.63, 3.8) is 0 Å². The Morgan fingerprint density at radius 3 is 1.62 bits per heavy atom. The Bertz CT molecular complexity index is 447. The first-order chi connectivity index (χ1) is 12.0. The number of quaternary nitrogens is 1. The Balaban J connectivity index is 0.000000660. The van der Waals surface area contributed by atoms with Crippen LogP contribution in [0.15, 0.2) is 0 Å². The minimum absolute atomic E-state index is 1.37. The highest BCUT2D eigenvalue weighted by molar-refractivity contribution is 7.86. The summed E-state index contributed by atoms with van der Waals surface area (Å²) in [6, 6.07) is 0. The smallest absolute Gasteiger partial charge is 0.485 e. The maximum atomic E-state index is 10.7. The van der Waals surface area contributed by atoms with Gasteiger partial charge in [-0.25, -0.2) is 8.42 Å². The second-order valence-electron chi connectivity index (χ2n) is 7.58. The van der Waals surface area contributed by atoms with Gasteiger partial charge in [0.1, 0.15) is 0 Å². The maximum Gasteiger partial charge on any atom is 0.485 e. The molecule has 0 N–H and O–H groups in total. The van der Waals surface area contributed by atoms with Crippen LogP contribution >= 0.6 is 0 Å². The highest BCUT2D eigenvalue weighted by atomic mass is 32.2. The van der Waals surface area contributed by atoms with Crippen molar-refractivity contribution in [3.8, 4) is 0 Å². The van der Waals surface area contributed by atoms with Crippen molar-refractivity contribution in [2.24, 2.45) is 0 Å². The van der Waals surface area contributed by atoms with E-state index in [1.54, 1.807) is 0 Å². The van der Waals surface area contributed by atoms with Crippen LogP contribution in [0.25, 0.3) is 0 Å². The number of nitrogens with zero attached hydrogens (tertiary/aromatic N) is 1. The number of rotatable bonds is 10. The molecule has 0 radical (unpaired) electrons. The molecule has 0 unspecified atom stereocenters. The van der Waals surface area contributed by atoms with Crippen LogP contribution in [-0.4, -0.2) is 49.6 Å². The van der Waals surface area contributed by atoms with E-state index < -0.39 is 15.6 Å². The molecule has 0 amide bonds. The van der Waals surface area contributed by atoms with E-state index in [2.05, 4.69) is 14.0 Å². The molecule has 1 fully saturated rings. The summed E-state index contributed by atoms with van der Waals surface area (Å²) >= 11 is 0. The zero-order chi connectivity index (χ0) is 20.1. The molecule has 4 nitrogen and oxygen atoms in total. The van der Waals surface area contributed by atoms with Gasteiger partial charge in [-0.2, -0.15) is 13.2 Å². The van der Waals surface area contributed by atoms with Gasteiger partial charge in [-0.3, -0.25) is 0 Å². The zero-order valence-electron chi connectivity index (χ0n) is 16.3. The van der Waals surface area contributed by atoms with E-state index in [-0.39, 0.29) is 0 Å². The van der Waals surface area contributed by atoms with Crippen LogP contribution in [0.1, 0.15) is 84.0 Å². The normalized spacial score (nSPS) is 17.5. The van der Waals surface area contributed by atoms with E-state index in [9.17, 15) is 13.2 Å². The van der Waals surface area contributed by atoms with Gasteiger partial charge in [0.05, 0.1) is 26.7 Å². The Hall–Kier alpha value is -0.340. The van der Waals surface area contributed by atoms with Crippen LogP contribution in [-0.2, 0) is 10.1 Å². The summed E-state index contributed by atoms with van der Waals surface area (Å²) in [4.78, 5) is 0. The van der Waals surface area contributed by atoms with Gasteiger partial charge in [-0.05, 0) is 32.1 Å². The fourth-order valence-electron chi connectivity index (χ4n) is 3.30. The van der Waals surface area contributed by atoms with Crippen LogP contribution in [0.3, 0.4) is 0 Å². The van der Waals surface area contributed by atoms with Gasteiger partial charge in [0.15, 0.2) is 10.1 Å². The molecule has 158 valence electrons. The van der Waals surface area contributed by atoms with Crippen LogP contribution in [0.4, 0.5) is 13.2 Å². The van der Waals surface area contributed by atoms with E-state index in [1.165, 1.54) is 101 Å². The molecule has 1 aliphatic heterocycles. The molecule has 0 aromatic heterocycles. The first-order valence-corrected chi connectivity index (χ1v) is 11.3. The highest BCUT2D eigenvalue weighted by Crippen LogP contribution is 2.20. The molecule has 1 saturated heterocycles. The molecule has 0 aromatic carbocycles. The van der Waals surface area contributed by atoms with Crippen molar-refractivity contribution in [2.75, 3.05) is 26.7 Å². The lowest BCUT2D eigenvalue weighted by molar-refractivity contribution is -0.914. The zero-order valence-corrected chi connectivity index (χ0v) is 17.1. The number of hydrogen-bond acceptors (Lipinski definition) is 3. The molecular formula is C18H36F3NO3S. The number of hydrogen-bond donors (Lipinski definition) is 0. The Morgan fingerprint density at radius 2 is 1.23 bits per heavy atom. The first-order valence-electron chi connectivity index (χ1n) is 9.87. The molecule has 0 aromatic rings. The Morgan fingerprint density at radius 1 is 0.846 bits per heavy atom. The van der Waals surface area contributed by atoms with Crippen LogP contribution < -0.4 is 0 Å². The van der Waals surface area contributed by atoms with Gasteiger partial charge in [0.2, 0.25) is 0 Å². The number of likely N-dealkylation sites (tertiary alicyclic amines) is 1. The van der Waals surface area contributed by atoms with Crippen LogP contribution in [0, 0.1) is 0 Å². The van der Waals surface area contributed by atoms with E-state index >= 15 is 0 Å². The SMILES string of the molecule is CCCCCCCCCCC[N+]1(C)CCCCC1.O=S(=O)([O-])C(F)(F)F. The van der Waals surface area contributed by atoms with Crippen molar-refractivity contribution in [3.05, 3.63) is 0 Å². The maximum absolute atomic E-state index is 10.7. The van der Waals surface area contributed by atoms with Crippen molar-refractivity contribution >= 4 is 10.1 Å². The molecular weight excluding hydrogens is 367 g/mol. The van der Waals surface area contributed by atoms with Gasteiger partial charge >= 0.3 is 5.51 Å². The predicted molar refractivity (Wildman–Crippen MR) is 97.6 cm³/mol. The quantitative estimate of drug-likeness (QED) is 0.218. The van der Waals surface area contributed by atoms with Gasteiger partial charge in [-0.15, -0.1) is 0 Å². The molecule has 0 aliphatic carbocycles. The van der Waals surface area contributed by atoms with Crippen LogP contribution in [0.5, 0.6) is 0 Å². The Labute approximate surface area is 157 Å². The van der Waals surface area contributed by atoms with Crippen molar-refractivity contribution in [1.82, 2.24) is 0 Å². The van der Waals surface area contributed by atoms with Gasteiger partial charge in [-0.1, -0.05) is 51.9 Å². The highest BCUT2D eigenvalue weighted by Gasteiger charge is 2.36. The lowest BCUT2D eigenvalue weighted by Crippen LogP contribution is -2.48. The lowest BCUT2D eigenvalue weighted by Gasteiger charge is -2.37. The van der Waals surface area contributed by atoms with Crippen molar-refractivity contribution in [1.29, 1.82) is 0 Å². The molecule has 1 aliphatic rings. The van der Waals surface area contributed by atoms with Crippen molar-refractivity contribution in [2.45, 2.75) is 89.5 Å². The molecule has 0 atom stereocenters. The summed E-state index contributed by atoms with van der Waals surface area (Å²) in [5.74, 6) is 0. The van der Waals surface area contributed by atoms with E-state index in [1.807, 2.05) is 0 Å². The summed E-state index contributed by atoms with van der Waals surface area (Å²) in [5.41, 5.74) is -5.65. The third-order valence-corrected chi connectivity index (χ3v) is 5.55. The molecule has 1 rings (SSSR count). The molecule has 0 saturated carbocycles. The summed E-state index contributed by atoms with van der Waals surface area (Å²) in [5, 5.41) is 0. The summed E-state index contributed by atoms with van der Waals surface area (Å²) in [7, 11) is -3.61. The van der Waals surface area contributed by atoms with E-state index in [0.717, 1.165) is 0 Å². The predicted octanol–water partition coefficient (Wildman–Crippen LogP) is 5.20. The molecule has 0 bridgehead atoms. The third kappa shape index (κ3) is 12.9. The monoisotopic (exact) mass is 403 g/mol. The van der Waals surface area contributed by atoms with E-state index in [0.29, 0.717) is 0 Å². The lowest BCUT2D eigenvalue weighted by atomic mass is 10.1. The minimum atomic E-state index is -6.09. The topological polar surface area (TPSA) is 57.2 Å². The molecule has 1 heterocycles. The molecule has 8 heteroatoms. The average molecular weight is 404 g/mol. The second-order valence-corrected chi connectivity index (χ2v) is 8.95. The standard InChI is InChI=1S/C17H36N.CHF3O3S/c1-3-4-5-6-7-8-9-10-12-15-18(2)16-13-11-14-17-18;2-1(3,4)8(5,6)7/h3-17H2,1-2H3;(H,5,6,7)/q+1;/p-1. The minimum Gasteiger partial charge on any atom is -0.741 e. The fourth-order valence-corrected chi connectivity index (χ4v) is 3.30. The fraction of sp³-hybridized carbons (Fsp3) is 1.00. The van der Waals surface area contributed by atoms with Gasteiger partial charge in [0.25, 0.3) is 0 Å². The Kier molecular flexibility index (Phi) is 12.8. The van der Waals surface area contributed by atoms with Crippen LogP contribution in [0.2, 0.25) is 0 Å². The average Bonchev–Trinajstić information content (AvgIpc) is 2.53. The largest absolute Gasteiger partial charge is 0.741 e. The summed E-state index contributed by atoms with van der Waals surface area (Å²) < 4.78 is 60.3. The van der Waals surface area contributed by atoms with E-state index in [4.69, 9.17) is 13.0 Å². The van der Waals surface area contributed by atoms with Crippen molar-refractivity contribution < 1.29 is 30.6 Å². The number of piperidine rings is 1. The summed E-state index contributed by atoms with van der Waals surface area (Å²) in [6.07, 6.45) is 17.5. The third-order valence-electron chi connectivity index (χ3n) is 4.98.